The number of nitrogens with zero attached hydrogens (tertiary/aromatic N) is 2. The number of benzene rings is 1. The van der Waals surface area contributed by atoms with Gasteiger partial charge in [0.2, 0.25) is 5.91 Å². The van der Waals surface area contributed by atoms with Gasteiger partial charge in [0.1, 0.15) is 5.76 Å². The first-order valence-electron chi connectivity index (χ1n) is 15.7. The quantitative estimate of drug-likeness (QED) is 0.244. The van der Waals surface area contributed by atoms with Crippen LogP contribution >= 0.6 is 0 Å². The molecule has 41 heavy (non-hydrogen) atoms. The van der Waals surface area contributed by atoms with Gasteiger partial charge < -0.3 is 24.4 Å². The molecule has 1 aliphatic heterocycles. The Balaban J connectivity index is 1.45. The van der Waals surface area contributed by atoms with Gasteiger partial charge in [0, 0.05) is 44.0 Å². The van der Waals surface area contributed by atoms with Gasteiger partial charge in [-0.1, -0.05) is 24.3 Å². The minimum Gasteiger partial charge on any atom is -0.497 e. The summed E-state index contributed by atoms with van der Waals surface area (Å²) in [4.78, 5) is 18.5. The second-order valence-corrected chi connectivity index (χ2v) is 12.6. The van der Waals surface area contributed by atoms with E-state index in [9.17, 15) is 9.90 Å². The first-order valence-corrected chi connectivity index (χ1v) is 15.7. The van der Waals surface area contributed by atoms with Crippen molar-refractivity contribution in [2.75, 3.05) is 43.7 Å². The minimum absolute atomic E-state index is 0.00850. The van der Waals surface area contributed by atoms with Crippen LogP contribution in [0.25, 0.3) is 0 Å². The molecule has 6 heteroatoms. The summed E-state index contributed by atoms with van der Waals surface area (Å²) < 4.78 is 11.1. The van der Waals surface area contributed by atoms with E-state index in [0.717, 1.165) is 106 Å². The van der Waals surface area contributed by atoms with Crippen LogP contribution in [0.4, 0.5) is 11.4 Å². The van der Waals surface area contributed by atoms with Crippen molar-refractivity contribution in [3.05, 3.63) is 59.9 Å². The maximum Gasteiger partial charge on any atom is 0.230 e. The highest BCUT2D eigenvalue weighted by Crippen LogP contribution is 2.36. The molecule has 0 unspecified atom stereocenters. The van der Waals surface area contributed by atoms with Gasteiger partial charge in [-0.05, 0) is 120 Å². The second-order valence-electron chi connectivity index (χ2n) is 12.6. The third-order valence-corrected chi connectivity index (χ3v) is 9.57. The van der Waals surface area contributed by atoms with Crippen LogP contribution < -0.4 is 9.80 Å². The number of hydrogen-bond donors (Lipinski definition) is 1. The number of piperidine rings is 1. The van der Waals surface area contributed by atoms with Crippen LogP contribution in [0, 0.1) is 17.8 Å². The summed E-state index contributed by atoms with van der Waals surface area (Å²) >= 11 is 0. The fourth-order valence-corrected chi connectivity index (χ4v) is 6.80. The van der Waals surface area contributed by atoms with Gasteiger partial charge in [0.15, 0.2) is 0 Å². The summed E-state index contributed by atoms with van der Waals surface area (Å²) in [5.74, 6) is 2.06. The summed E-state index contributed by atoms with van der Waals surface area (Å²) in [5, 5.41) is 10.1. The van der Waals surface area contributed by atoms with Gasteiger partial charge >= 0.3 is 0 Å². The van der Waals surface area contributed by atoms with Crippen LogP contribution in [-0.2, 0) is 14.3 Å². The van der Waals surface area contributed by atoms with Crippen LogP contribution in [0.1, 0.15) is 78.1 Å². The Kier molecular flexibility index (Phi) is 11.5. The molecule has 1 amide bonds. The molecule has 2 aliphatic carbocycles. The van der Waals surface area contributed by atoms with E-state index < -0.39 is 0 Å². The smallest absolute Gasteiger partial charge is 0.230 e. The highest BCUT2D eigenvalue weighted by molar-refractivity contribution is 5.95. The molecule has 2 saturated carbocycles. The molecule has 3 aliphatic rings. The molecule has 1 aromatic carbocycles. The van der Waals surface area contributed by atoms with Crippen molar-refractivity contribution in [3.8, 4) is 0 Å². The third kappa shape index (κ3) is 8.48. The van der Waals surface area contributed by atoms with E-state index in [-0.39, 0.29) is 17.9 Å². The van der Waals surface area contributed by atoms with Crippen molar-refractivity contribution in [1.82, 2.24) is 0 Å². The van der Waals surface area contributed by atoms with Crippen molar-refractivity contribution < 1.29 is 19.4 Å². The number of aliphatic hydroxyl groups is 1. The summed E-state index contributed by atoms with van der Waals surface area (Å²) in [6, 6.07) is 8.60. The number of allylic oxidation sites excluding steroid dienone is 4. The Bertz CT molecular complexity index is 1070. The molecule has 3 fully saturated rings. The van der Waals surface area contributed by atoms with E-state index in [0.29, 0.717) is 17.9 Å². The average Bonchev–Trinajstić information content (AvgIpc) is 3.00. The lowest BCUT2D eigenvalue weighted by atomic mass is 9.78. The van der Waals surface area contributed by atoms with E-state index >= 15 is 0 Å². The van der Waals surface area contributed by atoms with Crippen LogP contribution in [0.5, 0.6) is 0 Å². The largest absolute Gasteiger partial charge is 0.497 e. The van der Waals surface area contributed by atoms with Crippen LogP contribution in [0.3, 0.4) is 0 Å². The minimum atomic E-state index is -0.264. The van der Waals surface area contributed by atoms with E-state index in [2.05, 4.69) is 60.6 Å². The van der Waals surface area contributed by atoms with Crippen LogP contribution in [-0.4, -0.2) is 57.1 Å². The summed E-state index contributed by atoms with van der Waals surface area (Å²) in [5.41, 5.74) is 4.52. The Morgan fingerprint density at radius 2 is 1.63 bits per heavy atom. The molecule has 1 saturated heterocycles. The predicted octanol–water partition coefficient (Wildman–Crippen LogP) is 7.05. The maximum atomic E-state index is 14.0. The highest BCUT2D eigenvalue weighted by Gasteiger charge is 2.32. The molecule has 0 aromatic heterocycles. The van der Waals surface area contributed by atoms with Gasteiger partial charge in [-0.15, -0.1) is 0 Å². The van der Waals surface area contributed by atoms with Crippen LogP contribution in [0.15, 0.2) is 59.9 Å². The highest BCUT2D eigenvalue weighted by atomic mass is 16.5. The van der Waals surface area contributed by atoms with Crippen molar-refractivity contribution in [3.63, 3.8) is 0 Å². The molecule has 0 atom stereocenters. The first-order chi connectivity index (χ1) is 19.8. The van der Waals surface area contributed by atoms with Crippen molar-refractivity contribution in [1.29, 1.82) is 0 Å². The Hall–Kier alpha value is -2.57. The monoisotopic (exact) mass is 564 g/mol. The predicted molar refractivity (Wildman–Crippen MR) is 168 cm³/mol. The lowest BCUT2D eigenvalue weighted by molar-refractivity contribution is -0.124. The van der Waals surface area contributed by atoms with Gasteiger partial charge in [-0.3, -0.25) is 4.79 Å². The number of ether oxygens (including phenoxy) is 2. The second kappa shape index (κ2) is 15.1. The zero-order valence-electron chi connectivity index (χ0n) is 25.8. The van der Waals surface area contributed by atoms with E-state index in [4.69, 9.17) is 9.47 Å². The molecule has 226 valence electrons. The number of amides is 1. The lowest BCUT2D eigenvalue weighted by Crippen LogP contribution is -2.42. The molecule has 1 heterocycles. The zero-order chi connectivity index (χ0) is 29.4. The Morgan fingerprint density at radius 3 is 2.24 bits per heavy atom. The molecule has 0 spiro atoms. The number of carbonyl (C=O) groups excluding carboxylic acids is 1. The Labute approximate surface area is 248 Å². The number of hydrogen-bond acceptors (Lipinski definition) is 5. The van der Waals surface area contributed by atoms with E-state index in [1.165, 1.54) is 5.69 Å². The van der Waals surface area contributed by atoms with Crippen molar-refractivity contribution in [2.24, 2.45) is 17.8 Å². The zero-order valence-corrected chi connectivity index (χ0v) is 25.8. The molecular weight excluding hydrogens is 512 g/mol. The molecule has 1 aromatic rings. The van der Waals surface area contributed by atoms with Gasteiger partial charge in [-0.25, -0.2) is 0 Å². The standard InChI is InChI=1S/C35H52N2O4/c1-25(2)34(41-5)18-9-26(3)28-12-10-27(11-13-28)24-37(35(39)29-14-16-32(38)17-15-29)31-8-6-7-30(23-31)36-21-19-33(40-4)20-22-36/h6-9,18,23,27-29,32-33,38H,3,10-17,19-22,24H2,1-2,4-5H3/b18-9-/t27-,28-,29-,32-. The fourth-order valence-electron chi connectivity index (χ4n) is 6.80. The summed E-state index contributed by atoms with van der Waals surface area (Å²) in [6.45, 7) is 11.2. The topological polar surface area (TPSA) is 62.2 Å². The molecule has 6 nitrogen and oxygen atoms in total. The van der Waals surface area contributed by atoms with Crippen molar-refractivity contribution >= 4 is 17.3 Å². The van der Waals surface area contributed by atoms with Gasteiger partial charge in [0.25, 0.3) is 0 Å². The van der Waals surface area contributed by atoms with Gasteiger partial charge in [0.05, 0.1) is 19.3 Å². The van der Waals surface area contributed by atoms with Crippen LogP contribution in [0.2, 0.25) is 0 Å². The summed E-state index contributed by atoms with van der Waals surface area (Å²) in [6.07, 6.45) is 13.6. The number of aliphatic hydroxyl groups excluding tert-OH is 1. The van der Waals surface area contributed by atoms with Crippen molar-refractivity contribution in [2.45, 2.75) is 90.3 Å². The van der Waals surface area contributed by atoms with Gasteiger partial charge in [-0.2, -0.15) is 0 Å². The number of carbonyl (C=O) groups is 1. The fraction of sp³-hybridized carbons (Fsp3) is 0.629. The number of methoxy groups -OCH3 is 2. The molecule has 4 rings (SSSR count). The number of rotatable bonds is 10. The number of anilines is 2. The average molecular weight is 565 g/mol. The normalized spacial score (nSPS) is 25.6. The maximum absolute atomic E-state index is 14.0. The molecule has 1 N–H and O–H groups in total. The summed E-state index contributed by atoms with van der Waals surface area (Å²) in [7, 11) is 3.51. The first kappa shape index (κ1) is 31.4. The lowest BCUT2D eigenvalue weighted by Gasteiger charge is -2.37. The third-order valence-electron chi connectivity index (χ3n) is 9.57. The van der Waals surface area contributed by atoms with E-state index in [1.54, 1.807) is 14.2 Å². The molecular formula is C35H52N2O4. The molecule has 0 bridgehead atoms. The van der Waals surface area contributed by atoms with E-state index in [1.807, 2.05) is 6.08 Å². The Morgan fingerprint density at radius 1 is 0.976 bits per heavy atom. The molecule has 0 radical (unpaired) electrons. The SMILES string of the molecule is C=C(/C=C\C(OC)=C(C)C)[C@H]1CC[C@H](CN(c2cccc(N3CCC(OC)CC3)c2)C(=O)[C@H]2CC[C@H](O)CC2)CC1.